The molecule has 1 aromatic heterocycles. The highest BCUT2D eigenvalue weighted by Crippen LogP contribution is 2.20. The molecule has 1 unspecified atom stereocenters. The van der Waals surface area contributed by atoms with Gasteiger partial charge in [0.2, 0.25) is 0 Å². The standard InChI is InChI=1S/C26H31FN6/c1-20(22-6-4-3-5-7-22)31-26(28-2)30-19-21-12-13-29-25(18-21)33-16-14-32(15-17-33)24-10-8-23(27)9-11-24/h3-13,18,20H,14-17,19H2,1-2H3,(H2,28,30,31). The highest BCUT2D eigenvalue weighted by molar-refractivity contribution is 5.80. The summed E-state index contributed by atoms with van der Waals surface area (Å²) in [6, 6.07) is 21.4. The van der Waals surface area contributed by atoms with Crippen molar-refractivity contribution in [2.75, 3.05) is 43.0 Å². The number of nitrogens with zero attached hydrogens (tertiary/aromatic N) is 4. The first kappa shape index (κ1) is 22.6. The van der Waals surface area contributed by atoms with Crippen molar-refractivity contribution < 1.29 is 4.39 Å². The van der Waals surface area contributed by atoms with Crippen molar-refractivity contribution in [2.45, 2.75) is 19.5 Å². The average Bonchev–Trinajstić information content (AvgIpc) is 2.87. The van der Waals surface area contributed by atoms with Gasteiger partial charge in [0.05, 0.1) is 6.04 Å². The minimum atomic E-state index is -0.201. The number of benzene rings is 2. The molecular weight excluding hydrogens is 415 g/mol. The van der Waals surface area contributed by atoms with Crippen LogP contribution in [0.1, 0.15) is 24.1 Å². The fourth-order valence-electron chi connectivity index (χ4n) is 4.00. The molecular formula is C26H31FN6. The molecule has 0 aliphatic carbocycles. The van der Waals surface area contributed by atoms with Crippen LogP contribution in [0.3, 0.4) is 0 Å². The van der Waals surface area contributed by atoms with Crippen LogP contribution in [0, 0.1) is 5.82 Å². The maximum absolute atomic E-state index is 13.2. The number of halogens is 1. The van der Waals surface area contributed by atoms with Gasteiger partial charge in [-0.2, -0.15) is 0 Å². The molecule has 2 aromatic carbocycles. The Morgan fingerprint density at radius 2 is 1.70 bits per heavy atom. The summed E-state index contributed by atoms with van der Waals surface area (Å²) >= 11 is 0. The highest BCUT2D eigenvalue weighted by Gasteiger charge is 2.18. The quantitative estimate of drug-likeness (QED) is 0.443. The van der Waals surface area contributed by atoms with E-state index >= 15 is 0 Å². The van der Waals surface area contributed by atoms with Crippen LogP contribution in [0.25, 0.3) is 0 Å². The third-order valence-electron chi connectivity index (χ3n) is 5.94. The minimum Gasteiger partial charge on any atom is -0.368 e. The molecule has 1 aliphatic rings. The smallest absolute Gasteiger partial charge is 0.191 e. The molecule has 172 valence electrons. The molecule has 1 saturated heterocycles. The number of guanidine groups is 1. The van der Waals surface area contributed by atoms with Crippen molar-refractivity contribution in [1.82, 2.24) is 15.6 Å². The van der Waals surface area contributed by atoms with Gasteiger partial charge in [-0.05, 0) is 54.4 Å². The Balaban J connectivity index is 1.31. The van der Waals surface area contributed by atoms with Gasteiger partial charge in [0.1, 0.15) is 11.6 Å². The molecule has 3 aromatic rings. The van der Waals surface area contributed by atoms with Crippen LogP contribution in [-0.2, 0) is 6.54 Å². The molecule has 4 rings (SSSR count). The number of aliphatic imine (C=N–C) groups is 1. The van der Waals surface area contributed by atoms with Crippen molar-refractivity contribution >= 4 is 17.5 Å². The van der Waals surface area contributed by atoms with E-state index in [9.17, 15) is 4.39 Å². The largest absolute Gasteiger partial charge is 0.368 e. The third kappa shape index (κ3) is 6.00. The Labute approximate surface area is 195 Å². The normalized spacial score (nSPS) is 15.3. The van der Waals surface area contributed by atoms with Gasteiger partial charge in [0.15, 0.2) is 5.96 Å². The van der Waals surface area contributed by atoms with E-state index in [1.54, 1.807) is 7.05 Å². The van der Waals surface area contributed by atoms with Crippen molar-refractivity contribution in [3.8, 4) is 0 Å². The number of rotatable bonds is 6. The zero-order valence-electron chi connectivity index (χ0n) is 19.2. The van der Waals surface area contributed by atoms with Gasteiger partial charge in [-0.15, -0.1) is 0 Å². The van der Waals surface area contributed by atoms with E-state index in [-0.39, 0.29) is 11.9 Å². The first-order valence-corrected chi connectivity index (χ1v) is 11.3. The summed E-state index contributed by atoms with van der Waals surface area (Å²) in [7, 11) is 1.78. The molecule has 1 fully saturated rings. The molecule has 0 amide bonds. The monoisotopic (exact) mass is 446 g/mol. The van der Waals surface area contributed by atoms with E-state index in [0.29, 0.717) is 6.54 Å². The lowest BCUT2D eigenvalue weighted by atomic mass is 10.1. The first-order chi connectivity index (χ1) is 16.1. The van der Waals surface area contributed by atoms with E-state index < -0.39 is 0 Å². The predicted molar refractivity (Wildman–Crippen MR) is 133 cm³/mol. The molecule has 7 heteroatoms. The van der Waals surface area contributed by atoms with Gasteiger partial charge in [0.25, 0.3) is 0 Å². The summed E-state index contributed by atoms with van der Waals surface area (Å²) < 4.78 is 13.2. The Bertz CT molecular complexity index is 1050. The van der Waals surface area contributed by atoms with Gasteiger partial charge in [-0.25, -0.2) is 9.37 Å². The fourth-order valence-corrected chi connectivity index (χ4v) is 4.00. The maximum atomic E-state index is 13.2. The summed E-state index contributed by atoms with van der Waals surface area (Å²) in [4.78, 5) is 13.5. The SMILES string of the molecule is CN=C(NCc1ccnc(N2CCN(c3ccc(F)cc3)CC2)c1)NC(C)c1ccccc1. The Morgan fingerprint density at radius 1 is 1.00 bits per heavy atom. The first-order valence-electron chi connectivity index (χ1n) is 11.3. The van der Waals surface area contributed by atoms with Crippen molar-refractivity contribution in [3.63, 3.8) is 0 Å². The fraction of sp³-hybridized carbons (Fsp3) is 0.308. The number of hydrogen-bond acceptors (Lipinski definition) is 4. The highest BCUT2D eigenvalue weighted by atomic mass is 19.1. The molecule has 33 heavy (non-hydrogen) atoms. The molecule has 0 spiro atoms. The third-order valence-corrected chi connectivity index (χ3v) is 5.94. The number of piperazine rings is 1. The van der Waals surface area contributed by atoms with Crippen molar-refractivity contribution in [1.29, 1.82) is 0 Å². The molecule has 1 atom stereocenters. The van der Waals surface area contributed by atoms with Crippen LogP contribution in [0.15, 0.2) is 77.9 Å². The second kappa shape index (κ2) is 10.8. The molecule has 0 bridgehead atoms. The zero-order valence-corrected chi connectivity index (χ0v) is 19.2. The lowest BCUT2D eigenvalue weighted by Gasteiger charge is -2.36. The molecule has 0 radical (unpaired) electrons. The maximum Gasteiger partial charge on any atom is 0.191 e. The van der Waals surface area contributed by atoms with Crippen LogP contribution in [0.5, 0.6) is 0 Å². The van der Waals surface area contributed by atoms with Crippen LogP contribution in [0.2, 0.25) is 0 Å². The second-order valence-electron chi connectivity index (χ2n) is 8.18. The molecule has 0 saturated carbocycles. The summed E-state index contributed by atoms with van der Waals surface area (Å²) in [5, 5.41) is 6.84. The minimum absolute atomic E-state index is 0.155. The Morgan fingerprint density at radius 3 is 2.39 bits per heavy atom. The van der Waals surface area contributed by atoms with Gasteiger partial charge in [-0.1, -0.05) is 30.3 Å². The Kier molecular flexibility index (Phi) is 7.40. The van der Waals surface area contributed by atoms with Crippen LogP contribution >= 0.6 is 0 Å². The number of pyridine rings is 1. The zero-order chi connectivity index (χ0) is 23.0. The van der Waals surface area contributed by atoms with Crippen LogP contribution in [-0.4, -0.2) is 44.2 Å². The van der Waals surface area contributed by atoms with E-state index in [1.165, 1.54) is 17.7 Å². The number of nitrogens with one attached hydrogen (secondary N) is 2. The van der Waals surface area contributed by atoms with E-state index in [2.05, 4.69) is 55.5 Å². The predicted octanol–water partition coefficient (Wildman–Crippen LogP) is 3.97. The van der Waals surface area contributed by atoms with Crippen LogP contribution in [0.4, 0.5) is 15.9 Å². The van der Waals surface area contributed by atoms with Gasteiger partial charge < -0.3 is 20.4 Å². The number of hydrogen-bond donors (Lipinski definition) is 2. The lowest BCUT2D eigenvalue weighted by Crippen LogP contribution is -2.46. The van der Waals surface area contributed by atoms with E-state index in [4.69, 9.17) is 0 Å². The number of aromatic nitrogens is 1. The summed E-state index contributed by atoms with van der Waals surface area (Å²) in [5.41, 5.74) is 3.42. The van der Waals surface area contributed by atoms with E-state index in [0.717, 1.165) is 49.2 Å². The van der Waals surface area contributed by atoms with Gasteiger partial charge >= 0.3 is 0 Å². The molecule has 2 heterocycles. The Hall–Kier alpha value is -3.61. The molecule has 6 nitrogen and oxygen atoms in total. The summed E-state index contributed by atoms with van der Waals surface area (Å²) in [6.45, 7) is 6.29. The molecule has 2 N–H and O–H groups in total. The van der Waals surface area contributed by atoms with Crippen molar-refractivity contribution in [3.05, 3.63) is 89.9 Å². The summed E-state index contributed by atoms with van der Waals surface area (Å²) in [5.74, 6) is 1.54. The van der Waals surface area contributed by atoms with E-state index in [1.807, 2.05) is 42.6 Å². The van der Waals surface area contributed by atoms with Crippen molar-refractivity contribution in [2.24, 2.45) is 4.99 Å². The topological polar surface area (TPSA) is 55.8 Å². The second-order valence-corrected chi connectivity index (χ2v) is 8.18. The average molecular weight is 447 g/mol. The van der Waals surface area contributed by atoms with Gasteiger partial charge in [-0.3, -0.25) is 4.99 Å². The van der Waals surface area contributed by atoms with Gasteiger partial charge in [0, 0.05) is 51.7 Å². The lowest BCUT2D eigenvalue weighted by molar-refractivity contribution is 0.624. The van der Waals surface area contributed by atoms with Crippen LogP contribution < -0.4 is 20.4 Å². The summed E-state index contributed by atoms with van der Waals surface area (Å²) in [6.07, 6.45) is 1.86. The number of anilines is 2. The molecule has 1 aliphatic heterocycles.